The van der Waals surface area contributed by atoms with Crippen LogP contribution in [0.2, 0.25) is 0 Å². The number of hydrogen-bond donors (Lipinski definition) is 1. The standard InChI is InChI=1S/C24H34N2O4/c1-29-20-8-7-9-21-19(20)14-18(17-30-21)25-12-5-2-6-13-26-22(27)15-24(16-23(26)28)10-3-4-11-24/h7-9,18,25H,2-6,10-17H2,1H3. The Morgan fingerprint density at radius 3 is 2.63 bits per heavy atom. The van der Waals surface area contributed by atoms with Gasteiger partial charge in [0.2, 0.25) is 11.8 Å². The molecule has 1 unspecified atom stereocenters. The van der Waals surface area contributed by atoms with Crippen LogP contribution in [0.3, 0.4) is 0 Å². The second-order valence-corrected chi connectivity index (χ2v) is 9.16. The quantitative estimate of drug-likeness (QED) is 0.521. The highest BCUT2D eigenvalue weighted by Crippen LogP contribution is 2.46. The van der Waals surface area contributed by atoms with Gasteiger partial charge in [0.15, 0.2) is 0 Å². The molecule has 1 aliphatic carbocycles. The zero-order valence-electron chi connectivity index (χ0n) is 18.1. The van der Waals surface area contributed by atoms with Crippen molar-refractivity contribution in [2.45, 2.75) is 70.3 Å². The van der Waals surface area contributed by atoms with Crippen LogP contribution < -0.4 is 14.8 Å². The molecule has 0 bridgehead atoms. The van der Waals surface area contributed by atoms with Gasteiger partial charge in [-0.3, -0.25) is 14.5 Å². The first kappa shape index (κ1) is 21.2. The maximum Gasteiger partial charge on any atom is 0.229 e. The van der Waals surface area contributed by atoms with Crippen molar-refractivity contribution in [1.29, 1.82) is 0 Å². The van der Waals surface area contributed by atoms with E-state index in [1.54, 1.807) is 7.11 Å². The summed E-state index contributed by atoms with van der Waals surface area (Å²) in [5.41, 5.74) is 1.13. The highest BCUT2D eigenvalue weighted by molar-refractivity contribution is 5.98. The van der Waals surface area contributed by atoms with Crippen molar-refractivity contribution in [2.75, 3.05) is 26.8 Å². The summed E-state index contributed by atoms with van der Waals surface area (Å²) in [5.74, 6) is 1.91. The molecule has 1 N–H and O–H groups in total. The van der Waals surface area contributed by atoms with Crippen LogP contribution in [0.5, 0.6) is 11.5 Å². The van der Waals surface area contributed by atoms with Crippen LogP contribution in [0.25, 0.3) is 0 Å². The fraction of sp³-hybridized carbons (Fsp3) is 0.667. The number of carbonyl (C=O) groups is 2. The molecule has 2 amide bonds. The normalized spacial score (nSPS) is 22.8. The molecule has 1 saturated carbocycles. The number of likely N-dealkylation sites (tertiary alicyclic amines) is 1. The molecule has 3 aliphatic rings. The van der Waals surface area contributed by atoms with Gasteiger partial charge in [0.1, 0.15) is 18.1 Å². The third-order valence-electron chi connectivity index (χ3n) is 7.01. The highest BCUT2D eigenvalue weighted by Gasteiger charge is 2.44. The van der Waals surface area contributed by atoms with Crippen molar-refractivity contribution in [3.8, 4) is 11.5 Å². The minimum atomic E-state index is -0.00203. The average Bonchev–Trinajstić information content (AvgIpc) is 3.18. The summed E-state index contributed by atoms with van der Waals surface area (Å²) < 4.78 is 11.3. The predicted molar refractivity (Wildman–Crippen MR) is 115 cm³/mol. The molecule has 30 heavy (non-hydrogen) atoms. The van der Waals surface area contributed by atoms with Crippen LogP contribution in [0.4, 0.5) is 0 Å². The van der Waals surface area contributed by atoms with E-state index in [4.69, 9.17) is 9.47 Å². The van der Waals surface area contributed by atoms with Gasteiger partial charge < -0.3 is 14.8 Å². The van der Waals surface area contributed by atoms with E-state index in [2.05, 4.69) is 5.32 Å². The lowest BCUT2D eigenvalue weighted by atomic mass is 9.76. The Hall–Kier alpha value is -2.08. The Kier molecular flexibility index (Phi) is 6.61. The maximum atomic E-state index is 12.5. The molecular weight excluding hydrogens is 380 g/mol. The van der Waals surface area contributed by atoms with Gasteiger partial charge in [0.25, 0.3) is 0 Å². The number of imide groups is 1. The number of benzene rings is 1. The zero-order valence-corrected chi connectivity index (χ0v) is 18.1. The Morgan fingerprint density at radius 1 is 1.13 bits per heavy atom. The average molecular weight is 415 g/mol. The number of unbranched alkanes of at least 4 members (excludes halogenated alkanes) is 2. The fourth-order valence-corrected chi connectivity index (χ4v) is 5.34. The van der Waals surface area contributed by atoms with Gasteiger partial charge in [-0.2, -0.15) is 0 Å². The molecule has 1 saturated heterocycles. The number of carbonyl (C=O) groups excluding carboxylic acids is 2. The van der Waals surface area contributed by atoms with E-state index in [0.29, 0.717) is 26.0 Å². The van der Waals surface area contributed by atoms with Crippen LogP contribution in [0.15, 0.2) is 18.2 Å². The number of methoxy groups -OCH3 is 1. The molecule has 1 aromatic carbocycles. The number of fused-ring (bicyclic) bond motifs is 1. The molecule has 1 spiro atoms. The number of rotatable bonds is 8. The third-order valence-corrected chi connectivity index (χ3v) is 7.01. The van der Waals surface area contributed by atoms with E-state index < -0.39 is 0 Å². The molecule has 6 nitrogen and oxygen atoms in total. The topological polar surface area (TPSA) is 67.9 Å². The molecule has 2 heterocycles. The van der Waals surface area contributed by atoms with Crippen molar-refractivity contribution < 1.29 is 19.1 Å². The van der Waals surface area contributed by atoms with Gasteiger partial charge >= 0.3 is 0 Å². The molecule has 1 atom stereocenters. The number of ether oxygens (including phenoxy) is 2. The lowest BCUT2D eigenvalue weighted by molar-refractivity contribution is -0.153. The smallest absolute Gasteiger partial charge is 0.229 e. The van der Waals surface area contributed by atoms with E-state index in [1.807, 2.05) is 18.2 Å². The second-order valence-electron chi connectivity index (χ2n) is 9.16. The monoisotopic (exact) mass is 414 g/mol. The van der Waals surface area contributed by atoms with Gasteiger partial charge in [-0.1, -0.05) is 25.3 Å². The molecule has 164 valence electrons. The zero-order chi connectivity index (χ0) is 21.0. The number of nitrogens with one attached hydrogen (secondary N) is 1. The third kappa shape index (κ3) is 4.64. The Bertz CT molecular complexity index is 738. The summed E-state index contributed by atoms with van der Waals surface area (Å²) in [7, 11) is 1.69. The molecule has 2 aliphatic heterocycles. The molecular formula is C24H34N2O4. The van der Waals surface area contributed by atoms with Crippen LogP contribution in [0.1, 0.15) is 63.4 Å². The lowest BCUT2D eigenvalue weighted by Crippen LogP contribution is -2.47. The lowest BCUT2D eigenvalue weighted by Gasteiger charge is -2.37. The first-order valence-electron chi connectivity index (χ1n) is 11.5. The Balaban J connectivity index is 1.14. The van der Waals surface area contributed by atoms with E-state index in [0.717, 1.165) is 75.0 Å². The minimum Gasteiger partial charge on any atom is -0.496 e. The van der Waals surface area contributed by atoms with Crippen LogP contribution in [0, 0.1) is 5.41 Å². The minimum absolute atomic E-state index is 0.00203. The summed E-state index contributed by atoms with van der Waals surface area (Å²) in [6.07, 6.45) is 9.38. The van der Waals surface area contributed by atoms with Gasteiger partial charge in [-0.15, -0.1) is 0 Å². The fourth-order valence-electron chi connectivity index (χ4n) is 5.34. The van der Waals surface area contributed by atoms with E-state index >= 15 is 0 Å². The van der Waals surface area contributed by atoms with E-state index in [-0.39, 0.29) is 23.3 Å². The van der Waals surface area contributed by atoms with Crippen LogP contribution in [-0.2, 0) is 16.0 Å². The van der Waals surface area contributed by atoms with Gasteiger partial charge in [0.05, 0.1) is 7.11 Å². The molecule has 2 fully saturated rings. The SMILES string of the molecule is COc1cccc2c1CC(NCCCCCN1C(=O)CC3(CCCC3)CC1=O)CO2. The van der Waals surface area contributed by atoms with Crippen molar-refractivity contribution in [3.63, 3.8) is 0 Å². The number of hydrogen-bond acceptors (Lipinski definition) is 5. The number of nitrogens with zero attached hydrogens (tertiary/aromatic N) is 1. The van der Waals surface area contributed by atoms with Crippen molar-refractivity contribution in [2.24, 2.45) is 5.41 Å². The first-order valence-corrected chi connectivity index (χ1v) is 11.5. The maximum absolute atomic E-state index is 12.5. The Morgan fingerprint density at radius 2 is 1.90 bits per heavy atom. The number of piperidine rings is 1. The van der Waals surface area contributed by atoms with Crippen LogP contribution in [-0.4, -0.2) is 49.6 Å². The molecule has 1 aromatic rings. The van der Waals surface area contributed by atoms with Gasteiger partial charge in [-0.05, 0) is 56.2 Å². The summed E-state index contributed by atoms with van der Waals surface area (Å²) in [6.45, 7) is 2.15. The molecule has 0 aromatic heterocycles. The van der Waals surface area contributed by atoms with Crippen molar-refractivity contribution in [1.82, 2.24) is 10.2 Å². The summed E-state index contributed by atoms with van der Waals surface area (Å²) in [6, 6.07) is 6.20. The number of amides is 2. The van der Waals surface area contributed by atoms with E-state index in [9.17, 15) is 9.59 Å². The largest absolute Gasteiger partial charge is 0.496 e. The van der Waals surface area contributed by atoms with Gasteiger partial charge in [-0.25, -0.2) is 0 Å². The molecule has 4 rings (SSSR count). The van der Waals surface area contributed by atoms with Gasteiger partial charge in [0, 0.05) is 31.0 Å². The highest BCUT2D eigenvalue weighted by atomic mass is 16.5. The van der Waals surface area contributed by atoms with E-state index in [1.165, 1.54) is 4.90 Å². The first-order chi connectivity index (χ1) is 14.6. The van der Waals surface area contributed by atoms with Crippen LogP contribution >= 0.6 is 0 Å². The molecule has 0 radical (unpaired) electrons. The van der Waals surface area contributed by atoms with Crippen molar-refractivity contribution in [3.05, 3.63) is 23.8 Å². The second kappa shape index (κ2) is 9.38. The Labute approximate surface area is 179 Å². The summed E-state index contributed by atoms with van der Waals surface area (Å²) >= 11 is 0. The molecule has 6 heteroatoms. The summed E-state index contributed by atoms with van der Waals surface area (Å²) in [4.78, 5) is 26.6. The summed E-state index contributed by atoms with van der Waals surface area (Å²) in [5, 5.41) is 3.57. The van der Waals surface area contributed by atoms with Crippen molar-refractivity contribution >= 4 is 11.8 Å². The predicted octanol–water partition coefficient (Wildman–Crippen LogP) is 3.47.